The van der Waals surface area contributed by atoms with Gasteiger partial charge in [-0.15, -0.1) is 0 Å². The normalized spacial score (nSPS) is 15.9. The molecule has 114 valence electrons. The monoisotopic (exact) mass is 317 g/mol. The molecule has 0 aliphatic carbocycles. The van der Waals surface area contributed by atoms with E-state index in [1.807, 2.05) is 0 Å². The van der Waals surface area contributed by atoms with Gasteiger partial charge in [-0.1, -0.05) is 11.6 Å². The van der Waals surface area contributed by atoms with Crippen LogP contribution in [0.25, 0.3) is 0 Å². The molecule has 0 N–H and O–H groups in total. The lowest BCUT2D eigenvalue weighted by molar-refractivity contribution is -0.146. The average Bonchev–Trinajstić information content (AvgIpc) is 2.49. The molecule has 21 heavy (non-hydrogen) atoms. The molecule has 4 nitrogen and oxygen atoms in total. The highest BCUT2D eigenvalue weighted by Gasteiger charge is 2.29. The molecule has 1 aliphatic heterocycles. The number of ether oxygens (including phenoxy) is 1. The van der Waals surface area contributed by atoms with Gasteiger partial charge in [0.2, 0.25) is 0 Å². The van der Waals surface area contributed by atoms with Crippen LogP contribution in [0.4, 0.5) is 8.78 Å². The highest BCUT2D eigenvalue weighted by atomic mass is 35.5. The molecule has 0 spiro atoms. The van der Waals surface area contributed by atoms with E-state index in [9.17, 15) is 18.4 Å². The summed E-state index contributed by atoms with van der Waals surface area (Å²) in [6.07, 6.45) is 0.881. The number of rotatable bonds is 2. The Morgan fingerprint density at radius 2 is 1.86 bits per heavy atom. The fraction of sp³-hybridized carbons (Fsp3) is 0.429. The van der Waals surface area contributed by atoms with E-state index in [0.29, 0.717) is 25.9 Å². The van der Waals surface area contributed by atoms with Crippen molar-refractivity contribution >= 4 is 23.5 Å². The summed E-state index contributed by atoms with van der Waals surface area (Å²) in [5, 5.41) is -0.367. The van der Waals surface area contributed by atoms with Gasteiger partial charge in [-0.3, -0.25) is 9.59 Å². The van der Waals surface area contributed by atoms with Crippen LogP contribution in [-0.2, 0) is 9.53 Å². The number of carbonyl (C=O) groups excluding carboxylic acids is 2. The van der Waals surface area contributed by atoms with Crippen LogP contribution in [0, 0.1) is 17.6 Å². The van der Waals surface area contributed by atoms with Crippen LogP contribution in [0.2, 0.25) is 5.02 Å². The fourth-order valence-electron chi connectivity index (χ4n) is 2.34. The number of hydrogen-bond acceptors (Lipinski definition) is 3. The molecular formula is C14H14ClF2NO3. The Hall–Kier alpha value is -1.69. The predicted molar refractivity (Wildman–Crippen MR) is 72.0 cm³/mol. The van der Waals surface area contributed by atoms with Crippen LogP contribution in [0.5, 0.6) is 0 Å². The van der Waals surface area contributed by atoms with Crippen molar-refractivity contribution in [3.05, 3.63) is 34.4 Å². The van der Waals surface area contributed by atoms with E-state index in [-0.39, 0.29) is 22.5 Å². The van der Waals surface area contributed by atoms with Crippen molar-refractivity contribution in [2.24, 2.45) is 5.92 Å². The first kappa shape index (κ1) is 15.7. The molecular weight excluding hydrogens is 304 g/mol. The minimum absolute atomic E-state index is 0.258. The van der Waals surface area contributed by atoms with Gasteiger partial charge < -0.3 is 9.64 Å². The maximum absolute atomic E-state index is 13.7. The van der Waals surface area contributed by atoms with Gasteiger partial charge in [0.05, 0.1) is 23.6 Å². The van der Waals surface area contributed by atoms with Crippen LogP contribution in [0.1, 0.15) is 23.2 Å². The summed E-state index contributed by atoms with van der Waals surface area (Å²) >= 11 is 5.46. The number of piperidine rings is 1. The van der Waals surface area contributed by atoms with E-state index in [4.69, 9.17) is 11.6 Å². The number of nitrogens with zero attached hydrogens (tertiary/aromatic N) is 1. The summed E-state index contributed by atoms with van der Waals surface area (Å²) < 4.78 is 31.7. The highest BCUT2D eigenvalue weighted by Crippen LogP contribution is 2.24. The second-order valence-electron chi connectivity index (χ2n) is 4.84. The van der Waals surface area contributed by atoms with Crippen LogP contribution in [-0.4, -0.2) is 37.0 Å². The summed E-state index contributed by atoms with van der Waals surface area (Å²) in [6, 6.07) is 1.58. The van der Waals surface area contributed by atoms with Crippen molar-refractivity contribution in [2.45, 2.75) is 12.8 Å². The third-order valence-electron chi connectivity index (χ3n) is 3.56. The van der Waals surface area contributed by atoms with E-state index >= 15 is 0 Å². The van der Waals surface area contributed by atoms with Crippen molar-refractivity contribution < 1.29 is 23.1 Å². The molecule has 1 aromatic carbocycles. The smallest absolute Gasteiger partial charge is 0.308 e. The van der Waals surface area contributed by atoms with E-state index in [1.54, 1.807) is 0 Å². The number of methoxy groups -OCH3 is 1. The molecule has 1 aliphatic rings. The van der Waals surface area contributed by atoms with Crippen LogP contribution >= 0.6 is 11.6 Å². The fourth-order valence-corrected chi connectivity index (χ4v) is 2.49. The predicted octanol–water partition coefficient (Wildman–Crippen LogP) is 2.64. The molecule has 0 aromatic heterocycles. The van der Waals surface area contributed by atoms with Gasteiger partial charge >= 0.3 is 5.97 Å². The van der Waals surface area contributed by atoms with Gasteiger partial charge in [0.15, 0.2) is 0 Å². The summed E-state index contributed by atoms with van der Waals surface area (Å²) in [7, 11) is 1.31. The summed E-state index contributed by atoms with van der Waals surface area (Å²) in [5.41, 5.74) is -0.353. The first-order valence-corrected chi connectivity index (χ1v) is 6.83. The Bertz CT molecular complexity index is 572. The Kier molecular flexibility index (Phi) is 4.77. The molecule has 0 bridgehead atoms. The maximum atomic E-state index is 13.7. The topological polar surface area (TPSA) is 46.6 Å². The lowest BCUT2D eigenvalue weighted by atomic mass is 9.96. The molecule has 1 aromatic rings. The number of esters is 1. The van der Waals surface area contributed by atoms with Gasteiger partial charge in [0.1, 0.15) is 11.6 Å². The number of carbonyl (C=O) groups is 2. The molecule has 1 fully saturated rings. The lowest BCUT2D eigenvalue weighted by Gasteiger charge is -2.30. The molecule has 1 heterocycles. The summed E-state index contributed by atoms with van der Waals surface area (Å²) in [5.74, 6) is -2.88. The first-order chi connectivity index (χ1) is 9.93. The van der Waals surface area contributed by atoms with Gasteiger partial charge in [-0.2, -0.15) is 0 Å². The van der Waals surface area contributed by atoms with Crippen LogP contribution in [0.3, 0.4) is 0 Å². The van der Waals surface area contributed by atoms with Crippen molar-refractivity contribution in [3.63, 3.8) is 0 Å². The number of amides is 1. The molecule has 7 heteroatoms. The molecule has 0 atom stereocenters. The second-order valence-corrected chi connectivity index (χ2v) is 5.24. The minimum Gasteiger partial charge on any atom is -0.469 e. The van der Waals surface area contributed by atoms with Gasteiger partial charge in [0, 0.05) is 13.1 Å². The zero-order chi connectivity index (χ0) is 15.6. The van der Waals surface area contributed by atoms with Crippen molar-refractivity contribution in [1.82, 2.24) is 4.90 Å². The number of hydrogen-bond donors (Lipinski definition) is 0. The van der Waals surface area contributed by atoms with Gasteiger partial charge in [-0.05, 0) is 25.0 Å². The molecule has 2 rings (SSSR count). The van der Waals surface area contributed by atoms with Crippen molar-refractivity contribution in [3.8, 4) is 0 Å². The van der Waals surface area contributed by atoms with E-state index < -0.39 is 17.5 Å². The standard InChI is InChI=1S/C14H14ClF2NO3/c1-21-14(20)8-2-4-18(5-3-8)13(19)9-6-12(17)10(15)7-11(9)16/h6-8H,2-5H2,1H3. The Morgan fingerprint density at radius 1 is 1.24 bits per heavy atom. The van der Waals surface area contributed by atoms with Gasteiger partial charge in [0.25, 0.3) is 5.91 Å². The van der Waals surface area contributed by atoms with Crippen LogP contribution < -0.4 is 0 Å². The van der Waals surface area contributed by atoms with E-state index in [1.165, 1.54) is 12.0 Å². The molecule has 0 radical (unpaired) electrons. The Labute approximate surface area is 125 Å². The number of benzene rings is 1. The zero-order valence-electron chi connectivity index (χ0n) is 11.4. The Balaban J connectivity index is 2.09. The molecule has 1 amide bonds. The SMILES string of the molecule is COC(=O)C1CCN(C(=O)c2cc(F)c(Cl)cc2F)CC1. The number of likely N-dealkylation sites (tertiary alicyclic amines) is 1. The molecule has 0 unspecified atom stereocenters. The average molecular weight is 318 g/mol. The summed E-state index contributed by atoms with van der Waals surface area (Å²) in [4.78, 5) is 25.0. The number of halogens is 3. The summed E-state index contributed by atoms with van der Waals surface area (Å²) in [6.45, 7) is 0.588. The zero-order valence-corrected chi connectivity index (χ0v) is 12.1. The maximum Gasteiger partial charge on any atom is 0.308 e. The van der Waals surface area contributed by atoms with E-state index in [0.717, 1.165) is 12.1 Å². The minimum atomic E-state index is -0.860. The molecule has 1 saturated heterocycles. The third-order valence-corrected chi connectivity index (χ3v) is 3.85. The molecule has 0 saturated carbocycles. The van der Waals surface area contributed by atoms with Gasteiger partial charge in [-0.25, -0.2) is 8.78 Å². The largest absolute Gasteiger partial charge is 0.469 e. The highest BCUT2D eigenvalue weighted by molar-refractivity contribution is 6.30. The van der Waals surface area contributed by atoms with Crippen LogP contribution in [0.15, 0.2) is 12.1 Å². The third kappa shape index (κ3) is 3.32. The lowest BCUT2D eigenvalue weighted by Crippen LogP contribution is -2.40. The van der Waals surface area contributed by atoms with Crippen molar-refractivity contribution in [2.75, 3.05) is 20.2 Å². The van der Waals surface area contributed by atoms with Crippen molar-refractivity contribution in [1.29, 1.82) is 0 Å². The Morgan fingerprint density at radius 3 is 2.43 bits per heavy atom. The first-order valence-electron chi connectivity index (χ1n) is 6.45. The van der Waals surface area contributed by atoms with E-state index in [2.05, 4.69) is 4.74 Å². The second kappa shape index (κ2) is 6.39. The quantitative estimate of drug-likeness (QED) is 0.622.